The number of hydrogen-bond donors (Lipinski definition) is 2. The zero-order valence-electron chi connectivity index (χ0n) is 15.3. The molecule has 0 unspecified atom stereocenters. The van der Waals surface area contributed by atoms with Gasteiger partial charge in [0.05, 0.1) is 23.4 Å². The molecular formula is C18H23N3O5S. The Morgan fingerprint density at radius 2 is 1.85 bits per heavy atom. The summed E-state index contributed by atoms with van der Waals surface area (Å²) in [6.07, 6.45) is 2.90. The average Bonchev–Trinajstić information content (AvgIpc) is 2.65. The van der Waals surface area contributed by atoms with Gasteiger partial charge >= 0.3 is 0 Å². The molecule has 0 fully saturated rings. The number of nitrogens with zero attached hydrogens (tertiary/aromatic N) is 1. The van der Waals surface area contributed by atoms with Gasteiger partial charge in [-0.1, -0.05) is 31.9 Å². The van der Waals surface area contributed by atoms with Crippen molar-refractivity contribution >= 4 is 27.1 Å². The Morgan fingerprint density at radius 3 is 2.52 bits per heavy atom. The third-order valence-electron chi connectivity index (χ3n) is 3.91. The molecule has 0 bridgehead atoms. The van der Waals surface area contributed by atoms with E-state index in [1.165, 1.54) is 19.2 Å². The molecule has 0 aliphatic heterocycles. The Morgan fingerprint density at radius 1 is 1.11 bits per heavy atom. The van der Waals surface area contributed by atoms with Crippen LogP contribution in [-0.4, -0.2) is 27.0 Å². The molecule has 0 spiro atoms. The van der Waals surface area contributed by atoms with Crippen molar-refractivity contribution in [1.82, 2.24) is 0 Å². The van der Waals surface area contributed by atoms with Gasteiger partial charge in [0, 0.05) is 18.7 Å². The molecule has 2 N–H and O–H groups in total. The quantitative estimate of drug-likeness (QED) is 0.358. The Hall–Kier alpha value is -2.81. The lowest BCUT2D eigenvalue weighted by Crippen LogP contribution is -2.16. The molecule has 27 heavy (non-hydrogen) atoms. The molecule has 8 nitrogen and oxygen atoms in total. The molecule has 9 heteroatoms. The second-order valence-corrected chi connectivity index (χ2v) is 7.53. The second kappa shape index (κ2) is 9.22. The average molecular weight is 393 g/mol. The molecule has 0 saturated carbocycles. The summed E-state index contributed by atoms with van der Waals surface area (Å²) in [6.45, 7) is 2.64. The highest BCUT2D eigenvalue weighted by atomic mass is 32.2. The van der Waals surface area contributed by atoms with Crippen LogP contribution in [-0.2, 0) is 10.0 Å². The number of non-ortho nitro benzene ring substituents is 1. The summed E-state index contributed by atoms with van der Waals surface area (Å²) in [5.41, 5.74) is 0.275. The molecule has 2 rings (SSSR count). The standard InChI is InChI=1S/C18H23N3O5S/c1-3-4-7-12-19-16-11-10-14(21(22)23)13-18(16)27(24,25)20-15-8-5-6-9-17(15)26-2/h5-6,8-11,13,19-20H,3-4,7,12H2,1-2H3. The van der Waals surface area contributed by atoms with Crippen LogP contribution in [0.5, 0.6) is 5.75 Å². The predicted octanol–water partition coefficient (Wildman–Crippen LogP) is 4.01. The first-order valence-corrected chi connectivity index (χ1v) is 10.1. The van der Waals surface area contributed by atoms with Crippen LogP contribution in [0.25, 0.3) is 0 Å². The summed E-state index contributed by atoms with van der Waals surface area (Å²) in [6, 6.07) is 10.3. The Bertz CT molecular complexity index is 900. The summed E-state index contributed by atoms with van der Waals surface area (Å²) < 4.78 is 33.5. The fourth-order valence-electron chi connectivity index (χ4n) is 2.52. The first-order chi connectivity index (χ1) is 12.9. The molecule has 0 heterocycles. The minimum Gasteiger partial charge on any atom is -0.495 e. The van der Waals surface area contributed by atoms with Gasteiger partial charge < -0.3 is 10.1 Å². The van der Waals surface area contributed by atoms with Gasteiger partial charge in [0.1, 0.15) is 10.6 Å². The van der Waals surface area contributed by atoms with E-state index in [-0.39, 0.29) is 16.3 Å². The van der Waals surface area contributed by atoms with E-state index in [1.54, 1.807) is 24.3 Å². The van der Waals surface area contributed by atoms with E-state index in [2.05, 4.69) is 17.0 Å². The second-order valence-electron chi connectivity index (χ2n) is 5.88. The van der Waals surface area contributed by atoms with Crippen molar-refractivity contribution in [2.45, 2.75) is 31.1 Å². The molecule has 2 aromatic rings. The lowest BCUT2D eigenvalue weighted by molar-refractivity contribution is -0.385. The van der Waals surface area contributed by atoms with Crippen molar-refractivity contribution < 1.29 is 18.1 Å². The van der Waals surface area contributed by atoms with Crippen molar-refractivity contribution in [3.05, 3.63) is 52.6 Å². The van der Waals surface area contributed by atoms with E-state index in [0.717, 1.165) is 25.3 Å². The van der Waals surface area contributed by atoms with Crippen LogP contribution < -0.4 is 14.8 Å². The van der Waals surface area contributed by atoms with Crippen molar-refractivity contribution in [2.24, 2.45) is 0 Å². The molecule has 146 valence electrons. The topological polar surface area (TPSA) is 111 Å². The maximum atomic E-state index is 12.9. The molecule has 0 atom stereocenters. The minimum atomic E-state index is -4.07. The van der Waals surface area contributed by atoms with Gasteiger partial charge in [-0.15, -0.1) is 0 Å². The number of nitro groups is 1. The number of methoxy groups -OCH3 is 1. The van der Waals surface area contributed by atoms with Gasteiger partial charge in [0.15, 0.2) is 0 Å². The maximum Gasteiger partial charge on any atom is 0.270 e. The highest BCUT2D eigenvalue weighted by Crippen LogP contribution is 2.31. The monoisotopic (exact) mass is 393 g/mol. The number of sulfonamides is 1. The van der Waals surface area contributed by atoms with E-state index >= 15 is 0 Å². The van der Waals surface area contributed by atoms with Crippen LogP contribution in [0, 0.1) is 10.1 Å². The van der Waals surface area contributed by atoms with E-state index < -0.39 is 14.9 Å². The molecule has 0 amide bonds. The Balaban J connectivity index is 2.39. The highest BCUT2D eigenvalue weighted by Gasteiger charge is 2.23. The third kappa shape index (κ3) is 5.33. The largest absolute Gasteiger partial charge is 0.495 e. The lowest BCUT2D eigenvalue weighted by Gasteiger charge is -2.15. The van der Waals surface area contributed by atoms with E-state index in [1.807, 2.05) is 0 Å². The Labute approximate surface area is 158 Å². The summed E-state index contributed by atoms with van der Waals surface area (Å²) >= 11 is 0. The van der Waals surface area contributed by atoms with Crippen LogP contribution in [0.2, 0.25) is 0 Å². The van der Waals surface area contributed by atoms with Crippen molar-refractivity contribution in [1.29, 1.82) is 0 Å². The zero-order chi connectivity index (χ0) is 19.9. The van der Waals surface area contributed by atoms with Crippen LogP contribution in [0.4, 0.5) is 17.1 Å². The normalized spacial score (nSPS) is 11.0. The molecule has 2 aromatic carbocycles. The number of nitro benzene ring substituents is 1. The first kappa shape index (κ1) is 20.5. The number of nitrogens with one attached hydrogen (secondary N) is 2. The molecular weight excluding hydrogens is 370 g/mol. The smallest absolute Gasteiger partial charge is 0.270 e. The lowest BCUT2D eigenvalue weighted by atomic mass is 10.2. The van der Waals surface area contributed by atoms with Gasteiger partial charge in [-0.2, -0.15) is 0 Å². The SMILES string of the molecule is CCCCCNc1ccc([N+](=O)[O-])cc1S(=O)(=O)Nc1ccccc1OC. The van der Waals surface area contributed by atoms with Crippen LogP contribution >= 0.6 is 0 Å². The predicted molar refractivity (Wildman–Crippen MR) is 105 cm³/mol. The van der Waals surface area contributed by atoms with Gasteiger partial charge in [-0.3, -0.25) is 14.8 Å². The van der Waals surface area contributed by atoms with Gasteiger partial charge in [-0.05, 0) is 24.6 Å². The number of unbranched alkanes of at least 4 members (excludes halogenated alkanes) is 2. The summed E-state index contributed by atoms with van der Waals surface area (Å²) in [7, 11) is -2.64. The first-order valence-electron chi connectivity index (χ1n) is 8.57. The van der Waals surface area contributed by atoms with Crippen molar-refractivity contribution in [3.8, 4) is 5.75 Å². The maximum absolute atomic E-state index is 12.9. The minimum absolute atomic E-state index is 0.181. The number of anilines is 2. The van der Waals surface area contributed by atoms with Gasteiger partial charge in [0.25, 0.3) is 15.7 Å². The number of ether oxygens (including phenoxy) is 1. The number of hydrogen-bond acceptors (Lipinski definition) is 6. The third-order valence-corrected chi connectivity index (χ3v) is 5.32. The van der Waals surface area contributed by atoms with E-state index in [0.29, 0.717) is 18.0 Å². The number of para-hydroxylation sites is 2. The summed E-state index contributed by atoms with van der Waals surface area (Å²) in [5.74, 6) is 0.351. The van der Waals surface area contributed by atoms with Gasteiger partial charge in [0.2, 0.25) is 0 Å². The molecule has 0 radical (unpaired) electrons. The Kier molecular flexibility index (Phi) is 7.00. The fourth-order valence-corrected chi connectivity index (χ4v) is 3.79. The summed E-state index contributed by atoms with van der Waals surface area (Å²) in [5, 5.41) is 14.2. The van der Waals surface area contributed by atoms with Crippen molar-refractivity contribution in [3.63, 3.8) is 0 Å². The van der Waals surface area contributed by atoms with Crippen LogP contribution in [0.15, 0.2) is 47.4 Å². The molecule has 0 aliphatic rings. The van der Waals surface area contributed by atoms with Crippen molar-refractivity contribution in [2.75, 3.05) is 23.7 Å². The van der Waals surface area contributed by atoms with E-state index in [9.17, 15) is 18.5 Å². The summed E-state index contributed by atoms with van der Waals surface area (Å²) in [4.78, 5) is 10.3. The van der Waals surface area contributed by atoms with Crippen LogP contribution in [0.3, 0.4) is 0 Å². The molecule has 0 aromatic heterocycles. The molecule has 0 aliphatic carbocycles. The van der Waals surface area contributed by atoms with Crippen LogP contribution in [0.1, 0.15) is 26.2 Å². The molecule has 0 saturated heterocycles. The van der Waals surface area contributed by atoms with E-state index in [4.69, 9.17) is 4.74 Å². The fraction of sp³-hybridized carbons (Fsp3) is 0.333. The number of rotatable bonds is 10. The number of benzene rings is 2. The highest BCUT2D eigenvalue weighted by molar-refractivity contribution is 7.93. The van der Waals surface area contributed by atoms with Gasteiger partial charge in [-0.25, -0.2) is 8.42 Å². The zero-order valence-corrected chi connectivity index (χ0v) is 16.1.